The van der Waals surface area contributed by atoms with E-state index in [1.807, 2.05) is 6.92 Å². The Morgan fingerprint density at radius 1 is 1.35 bits per heavy atom. The number of carbonyl (C=O) groups excluding carboxylic acids is 3. The van der Waals surface area contributed by atoms with Gasteiger partial charge in [0.1, 0.15) is 5.54 Å². The highest BCUT2D eigenvalue weighted by Crippen LogP contribution is 2.22. The molecule has 17 heavy (non-hydrogen) atoms. The average molecular weight is 240 g/mol. The third-order valence-corrected chi connectivity index (χ3v) is 3.19. The van der Waals surface area contributed by atoms with Crippen molar-refractivity contribution in [2.45, 2.75) is 46.6 Å². The molecule has 1 heterocycles. The molecule has 0 aromatic rings. The third-order valence-electron chi connectivity index (χ3n) is 3.19. The number of hydrogen-bond acceptors (Lipinski definition) is 3. The Balaban J connectivity index is 2.84. The van der Waals surface area contributed by atoms with E-state index in [1.54, 1.807) is 27.7 Å². The monoisotopic (exact) mass is 240 g/mol. The molecule has 1 saturated heterocycles. The van der Waals surface area contributed by atoms with Crippen LogP contribution in [0.15, 0.2) is 0 Å². The van der Waals surface area contributed by atoms with Crippen molar-refractivity contribution in [3.8, 4) is 0 Å². The van der Waals surface area contributed by atoms with Crippen molar-refractivity contribution in [1.29, 1.82) is 0 Å². The van der Waals surface area contributed by atoms with Crippen molar-refractivity contribution < 1.29 is 14.4 Å². The van der Waals surface area contributed by atoms with E-state index in [0.29, 0.717) is 6.42 Å². The van der Waals surface area contributed by atoms with Gasteiger partial charge in [-0.1, -0.05) is 27.7 Å². The molecule has 3 amide bonds. The van der Waals surface area contributed by atoms with Gasteiger partial charge in [-0.05, 0) is 13.3 Å². The molecule has 96 valence electrons. The molecule has 0 aromatic heterocycles. The zero-order valence-electron chi connectivity index (χ0n) is 11.1. The van der Waals surface area contributed by atoms with Gasteiger partial charge < -0.3 is 5.32 Å². The SMILES string of the molecule is CC[C@]1(C)NC(=O)N(CC(=O)C(C)(C)C)C1=O. The van der Waals surface area contributed by atoms with Crippen LogP contribution in [0.4, 0.5) is 4.79 Å². The minimum absolute atomic E-state index is 0.124. The van der Waals surface area contributed by atoms with E-state index in [9.17, 15) is 14.4 Å². The van der Waals surface area contributed by atoms with Gasteiger partial charge in [-0.25, -0.2) is 4.79 Å². The van der Waals surface area contributed by atoms with Gasteiger partial charge in [-0.2, -0.15) is 0 Å². The summed E-state index contributed by atoms with van der Waals surface area (Å²) in [6.07, 6.45) is 0.512. The summed E-state index contributed by atoms with van der Waals surface area (Å²) in [4.78, 5) is 36.5. The first-order valence-corrected chi connectivity index (χ1v) is 5.79. The normalized spacial score (nSPS) is 25.1. The predicted octanol–water partition coefficient (Wildman–Crippen LogP) is 1.32. The minimum atomic E-state index is -0.866. The van der Waals surface area contributed by atoms with Crippen molar-refractivity contribution in [2.75, 3.05) is 6.54 Å². The lowest BCUT2D eigenvalue weighted by Crippen LogP contribution is -2.44. The van der Waals surface area contributed by atoms with Crippen LogP contribution in [-0.4, -0.2) is 34.7 Å². The molecule has 5 nitrogen and oxygen atoms in total. The highest BCUT2D eigenvalue weighted by Gasteiger charge is 2.47. The van der Waals surface area contributed by atoms with E-state index in [0.717, 1.165) is 4.90 Å². The van der Waals surface area contributed by atoms with Crippen molar-refractivity contribution in [1.82, 2.24) is 10.2 Å². The molecule has 1 aliphatic rings. The zero-order valence-corrected chi connectivity index (χ0v) is 11.1. The fourth-order valence-corrected chi connectivity index (χ4v) is 1.51. The molecule has 0 spiro atoms. The number of amides is 3. The van der Waals surface area contributed by atoms with Crippen molar-refractivity contribution in [3.05, 3.63) is 0 Å². The van der Waals surface area contributed by atoms with Gasteiger partial charge in [-0.3, -0.25) is 14.5 Å². The van der Waals surface area contributed by atoms with Crippen LogP contribution in [0.2, 0.25) is 0 Å². The number of urea groups is 1. The van der Waals surface area contributed by atoms with E-state index >= 15 is 0 Å². The first-order chi connectivity index (χ1) is 7.62. The van der Waals surface area contributed by atoms with E-state index < -0.39 is 17.0 Å². The maximum atomic E-state index is 12.0. The zero-order chi connectivity index (χ0) is 13.4. The van der Waals surface area contributed by atoms with Gasteiger partial charge in [0.05, 0.1) is 6.54 Å². The Bertz CT molecular complexity index is 370. The maximum absolute atomic E-state index is 12.0. The van der Waals surface area contributed by atoms with Gasteiger partial charge in [0, 0.05) is 5.41 Å². The molecule has 1 atom stereocenters. The fraction of sp³-hybridized carbons (Fsp3) is 0.750. The molecule has 0 radical (unpaired) electrons. The van der Waals surface area contributed by atoms with E-state index in [2.05, 4.69) is 5.32 Å². The lowest BCUT2D eigenvalue weighted by molar-refractivity contribution is -0.136. The van der Waals surface area contributed by atoms with Crippen LogP contribution in [0.1, 0.15) is 41.0 Å². The van der Waals surface area contributed by atoms with Crippen LogP contribution >= 0.6 is 0 Å². The minimum Gasteiger partial charge on any atom is -0.323 e. The van der Waals surface area contributed by atoms with Crippen LogP contribution in [0.25, 0.3) is 0 Å². The van der Waals surface area contributed by atoms with Crippen LogP contribution < -0.4 is 5.32 Å². The summed E-state index contributed by atoms with van der Waals surface area (Å²) >= 11 is 0. The van der Waals surface area contributed by atoms with Gasteiger partial charge in [0.2, 0.25) is 0 Å². The lowest BCUT2D eigenvalue weighted by Gasteiger charge is -2.22. The molecule has 1 aliphatic heterocycles. The molecule has 1 fully saturated rings. The van der Waals surface area contributed by atoms with Gasteiger partial charge in [0.25, 0.3) is 5.91 Å². The van der Waals surface area contributed by atoms with Crippen molar-refractivity contribution in [3.63, 3.8) is 0 Å². The number of nitrogens with one attached hydrogen (secondary N) is 1. The highest BCUT2D eigenvalue weighted by atomic mass is 16.2. The number of imide groups is 1. The molecule has 5 heteroatoms. The van der Waals surface area contributed by atoms with Crippen molar-refractivity contribution in [2.24, 2.45) is 5.41 Å². The highest BCUT2D eigenvalue weighted by molar-refractivity contribution is 6.09. The standard InChI is InChI=1S/C12H20N2O3/c1-6-12(5)9(16)14(10(17)13-12)7-8(15)11(2,3)4/h6-7H2,1-5H3,(H,13,17)/t12-/m0/s1. The summed E-state index contributed by atoms with van der Waals surface area (Å²) in [6, 6.07) is -0.475. The number of ketones is 1. The Morgan fingerprint density at radius 2 is 1.88 bits per heavy atom. The van der Waals surface area contributed by atoms with Crippen LogP contribution in [0.5, 0.6) is 0 Å². The lowest BCUT2D eigenvalue weighted by atomic mass is 9.90. The number of hydrogen-bond donors (Lipinski definition) is 1. The molecule has 1 rings (SSSR count). The summed E-state index contributed by atoms with van der Waals surface area (Å²) in [5, 5.41) is 2.62. The van der Waals surface area contributed by atoms with Crippen LogP contribution in [0, 0.1) is 5.41 Å². The summed E-state index contributed by atoms with van der Waals surface area (Å²) in [5.41, 5.74) is -1.42. The molecule has 0 unspecified atom stereocenters. The Labute approximate surface area is 102 Å². The average Bonchev–Trinajstić information content (AvgIpc) is 2.41. The summed E-state index contributed by atoms with van der Waals surface area (Å²) in [6.45, 7) is 8.66. The number of rotatable bonds is 3. The summed E-state index contributed by atoms with van der Waals surface area (Å²) in [5.74, 6) is -0.441. The second-order valence-electron chi connectivity index (χ2n) is 5.68. The first-order valence-electron chi connectivity index (χ1n) is 5.79. The Hall–Kier alpha value is -1.39. The van der Waals surface area contributed by atoms with Gasteiger partial charge in [0.15, 0.2) is 5.78 Å². The first kappa shape index (κ1) is 13.7. The van der Waals surface area contributed by atoms with E-state index in [-0.39, 0.29) is 18.2 Å². The maximum Gasteiger partial charge on any atom is 0.325 e. The molecule has 0 aromatic carbocycles. The predicted molar refractivity (Wildman–Crippen MR) is 63.4 cm³/mol. The molecule has 0 aliphatic carbocycles. The molecule has 1 N–H and O–H groups in total. The molecular formula is C12H20N2O3. The van der Waals surface area contributed by atoms with E-state index in [4.69, 9.17) is 0 Å². The van der Waals surface area contributed by atoms with Crippen LogP contribution in [-0.2, 0) is 9.59 Å². The number of Topliss-reactive ketones (excluding diaryl/α,β-unsaturated/α-hetero) is 1. The smallest absolute Gasteiger partial charge is 0.323 e. The van der Waals surface area contributed by atoms with E-state index in [1.165, 1.54) is 0 Å². The van der Waals surface area contributed by atoms with Crippen molar-refractivity contribution >= 4 is 17.7 Å². The number of nitrogens with zero attached hydrogens (tertiary/aromatic N) is 1. The summed E-state index contributed by atoms with van der Waals surface area (Å²) in [7, 11) is 0. The Kier molecular flexibility index (Phi) is 3.32. The second kappa shape index (κ2) is 4.13. The quantitative estimate of drug-likeness (QED) is 0.757. The third kappa shape index (κ3) is 2.48. The molecular weight excluding hydrogens is 220 g/mol. The van der Waals surface area contributed by atoms with Gasteiger partial charge in [-0.15, -0.1) is 0 Å². The van der Waals surface area contributed by atoms with Gasteiger partial charge >= 0.3 is 6.03 Å². The molecule has 0 bridgehead atoms. The molecule has 0 saturated carbocycles. The Morgan fingerprint density at radius 3 is 2.24 bits per heavy atom. The fourth-order valence-electron chi connectivity index (χ4n) is 1.51. The largest absolute Gasteiger partial charge is 0.325 e. The summed E-state index contributed by atoms with van der Waals surface area (Å²) < 4.78 is 0. The van der Waals surface area contributed by atoms with Crippen LogP contribution in [0.3, 0.4) is 0 Å². The number of carbonyl (C=O) groups is 3. The topological polar surface area (TPSA) is 66.5 Å². The second-order valence-corrected chi connectivity index (χ2v) is 5.68.